The summed E-state index contributed by atoms with van der Waals surface area (Å²) in [6.45, 7) is 2.50. The summed E-state index contributed by atoms with van der Waals surface area (Å²) in [7, 11) is 0. The third-order valence-electron chi connectivity index (χ3n) is 11.7. The number of carbonyl (C=O) groups excluding carboxylic acids is 2. The molecule has 2 aromatic carbocycles. The fourth-order valence-electron chi connectivity index (χ4n) is 9.42. The van der Waals surface area contributed by atoms with Crippen LogP contribution in [0.3, 0.4) is 0 Å². The molecule has 5 atom stereocenters. The lowest BCUT2D eigenvalue weighted by atomic mass is 9.50. The standard InChI is InChI=1S/C36H36F5NO3/c1-33-19-29(22-6-8-23(9-7-22)32(44)42-17-15-21-4-2-3-5-25(21)20-42)31-27-13-11-26(43)18-24(27)10-12-28(31)30(33)14-16-34(33,45)35(37,38)36(39,40)41/h2-9,18,28-30,45H,10-17,19-20H2,1H3/t28-,29+,30-,33-,34+/m0/s1. The summed E-state index contributed by atoms with van der Waals surface area (Å²) in [4.78, 5) is 27.6. The largest absolute Gasteiger partial charge is 0.456 e. The quantitative estimate of drug-likeness (QED) is 0.356. The molecule has 2 fully saturated rings. The highest BCUT2D eigenvalue weighted by Gasteiger charge is 2.79. The maximum atomic E-state index is 15.2. The first-order chi connectivity index (χ1) is 21.2. The Morgan fingerprint density at radius 2 is 1.64 bits per heavy atom. The van der Waals surface area contributed by atoms with Crippen molar-refractivity contribution < 1.29 is 36.6 Å². The van der Waals surface area contributed by atoms with Crippen LogP contribution in [0.1, 0.15) is 84.8 Å². The highest BCUT2D eigenvalue weighted by molar-refractivity contribution is 5.94. The maximum absolute atomic E-state index is 15.2. The van der Waals surface area contributed by atoms with E-state index in [1.165, 1.54) is 12.5 Å². The van der Waals surface area contributed by atoms with Gasteiger partial charge in [-0.2, -0.15) is 22.0 Å². The number of allylic oxidation sites excluding steroid dienone is 4. The van der Waals surface area contributed by atoms with E-state index in [0.29, 0.717) is 49.9 Å². The minimum Gasteiger partial charge on any atom is -0.383 e. The van der Waals surface area contributed by atoms with E-state index in [-0.39, 0.29) is 30.4 Å². The summed E-state index contributed by atoms with van der Waals surface area (Å²) in [6, 6.07) is 15.0. The highest BCUT2D eigenvalue weighted by Crippen LogP contribution is 2.70. The third-order valence-corrected chi connectivity index (χ3v) is 11.7. The number of hydrogen-bond acceptors (Lipinski definition) is 3. The van der Waals surface area contributed by atoms with E-state index in [9.17, 15) is 27.9 Å². The predicted molar refractivity (Wildman–Crippen MR) is 158 cm³/mol. The minimum atomic E-state index is -5.89. The Morgan fingerprint density at radius 1 is 0.933 bits per heavy atom. The van der Waals surface area contributed by atoms with Gasteiger partial charge < -0.3 is 10.0 Å². The summed E-state index contributed by atoms with van der Waals surface area (Å²) in [5, 5.41) is 11.5. The topological polar surface area (TPSA) is 57.6 Å². The van der Waals surface area contributed by atoms with Crippen LogP contribution in [-0.4, -0.2) is 45.9 Å². The second-order valence-electron chi connectivity index (χ2n) is 13.8. The highest BCUT2D eigenvalue weighted by atomic mass is 19.4. The molecule has 0 spiro atoms. The van der Waals surface area contributed by atoms with Crippen LogP contribution in [-0.2, 0) is 17.8 Å². The molecule has 1 heterocycles. The molecule has 0 bridgehead atoms. The Kier molecular flexibility index (Phi) is 6.97. The predicted octanol–water partition coefficient (Wildman–Crippen LogP) is 7.71. The molecule has 1 N–H and O–H groups in total. The number of halogens is 5. The monoisotopic (exact) mass is 625 g/mol. The van der Waals surface area contributed by atoms with Gasteiger partial charge in [0.25, 0.3) is 5.91 Å². The normalized spacial score (nSPS) is 31.5. The van der Waals surface area contributed by atoms with Gasteiger partial charge in [-0.1, -0.05) is 48.9 Å². The fraction of sp³-hybridized carbons (Fsp3) is 0.500. The van der Waals surface area contributed by atoms with E-state index in [1.54, 1.807) is 35.2 Å². The zero-order chi connectivity index (χ0) is 31.9. The fourth-order valence-corrected chi connectivity index (χ4v) is 9.42. The number of amides is 1. The van der Waals surface area contributed by atoms with Crippen molar-refractivity contribution in [2.24, 2.45) is 17.3 Å². The number of benzene rings is 2. The van der Waals surface area contributed by atoms with Crippen molar-refractivity contribution in [2.75, 3.05) is 6.54 Å². The summed E-state index contributed by atoms with van der Waals surface area (Å²) in [5.74, 6) is -6.76. The SMILES string of the molecule is C[C@]12C[C@H](c3ccc(C(=O)N4CCc5ccccc5C4)cc3)C3=C4CCC(=O)C=C4CC[C@H]3[C@@H]1CC[C@]2(O)C(F)(F)C(F)(F)F. The molecule has 0 radical (unpaired) electrons. The summed E-state index contributed by atoms with van der Waals surface area (Å²) >= 11 is 0. The number of ketones is 1. The van der Waals surface area contributed by atoms with Gasteiger partial charge in [-0.05, 0) is 103 Å². The van der Waals surface area contributed by atoms with Crippen LogP contribution in [0.5, 0.6) is 0 Å². The molecule has 0 aromatic heterocycles. The lowest BCUT2D eigenvalue weighted by molar-refractivity contribution is -0.362. The van der Waals surface area contributed by atoms with Crippen LogP contribution in [0, 0.1) is 17.3 Å². The number of rotatable bonds is 3. The first kappa shape index (κ1) is 30.3. The van der Waals surface area contributed by atoms with Crippen molar-refractivity contribution in [3.8, 4) is 0 Å². The lowest BCUT2D eigenvalue weighted by Crippen LogP contribution is -2.65. The molecule has 2 aromatic rings. The van der Waals surface area contributed by atoms with E-state index < -0.39 is 41.4 Å². The zero-order valence-corrected chi connectivity index (χ0v) is 25.1. The van der Waals surface area contributed by atoms with E-state index in [1.807, 2.05) is 18.2 Å². The number of alkyl halides is 5. The number of aliphatic hydroxyl groups is 1. The Bertz CT molecular complexity index is 1630. The van der Waals surface area contributed by atoms with Crippen molar-refractivity contribution in [1.29, 1.82) is 0 Å². The number of carbonyl (C=O) groups is 2. The van der Waals surface area contributed by atoms with Gasteiger partial charge in [-0.15, -0.1) is 0 Å². The van der Waals surface area contributed by atoms with Gasteiger partial charge in [-0.25, -0.2) is 0 Å². The van der Waals surface area contributed by atoms with E-state index in [0.717, 1.165) is 28.7 Å². The number of hydrogen-bond donors (Lipinski definition) is 1. The van der Waals surface area contributed by atoms with Crippen molar-refractivity contribution >= 4 is 11.7 Å². The Hall–Kier alpha value is -3.33. The molecule has 4 nitrogen and oxygen atoms in total. The zero-order valence-electron chi connectivity index (χ0n) is 25.1. The summed E-state index contributed by atoms with van der Waals surface area (Å²) in [5.41, 5.74) is 1.49. The van der Waals surface area contributed by atoms with E-state index >= 15 is 8.78 Å². The van der Waals surface area contributed by atoms with Crippen LogP contribution in [0.15, 0.2) is 71.3 Å². The average Bonchev–Trinajstić information content (AvgIpc) is 3.30. The Morgan fingerprint density at radius 3 is 2.36 bits per heavy atom. The van der Waals surface area contributed by atoms with Gasteiger partial charge in [0.05, 0.1) is 0 Å². The van der Waals surface area contributed by atoms with Crippen molar-refractivity contribution in [3.63, 3.8) is 0 Å². The van der Waals surface area contributed by atoms with Crippen LogP contribution in [0.4, 0.5) is 22.0 Å². The van der Waals surface area contributed by atoms with Crippen molar-refractivity contribution in [2.45, 2.75) is 88.5 Å². The molecular formula is C36H36F5NO3. The average molecular weight is 626 g/mol. The smallest absolute Gasteiger partial charge is 0.383 e. The van der Waals surface area contributed by atoms with Crippen LogP contribution >= 0.6 is 0 Å². The second kappa shape index (κ2) is 10.3. The number of nitrogens with zero attached hydrogens (tertiary/aromatic N) is 1. The van der Waals surface area contributed by atoms with Gasteiger partial charge in [0.15, 0.2) is 5.78 Å². The molecule has 0 saturated heterocycles. The van der Waals surface area contributed by atoms with Gasteiger partial charge in [0.2, 0.25) is 0 Å². The number of fused-ring (bicyclic) bond motifs is 5. The molecule has 7 rings (SSSR count). The third kappa shape index (κ3) is 4.47. The van der Waals surface area contributed by atoms with Crippen LogP contribution in [0.2, 0.25) is 0 Å². The summed E-state index contributed by atoms with van der Waals surface area (Å²) < 4.78 is 72.0. The molecule has 238 valence electrons. The summed E-state index contributed by atoms with van der Waals surface area (Å²) in [6.07, 6.45) is -2.23. The minimum absolute atomic E-state index is 0.0354. The second-order valence-corrected chi connectivity index (χ2v) is 13.8. The Balaban J connectivity index is 1.27. The molecular weight excluding hydrogens is 589 g/mol. The first-order valence-corrected chi connectivity index (χ1v) is 15.8. The maximum Gasteiger partial charge on any atom is 0.456 e. The molecule has 9 heteroatoms. The lowest BCUT2D eigenvalue weighted by Gasteiger charge is -2.56. The first-order valence-electron chi connectivity index (χ1n) is 15.8. The van der Waals surface area contributed by atoms with Gasteiger partial charge in [0, 0.05) is 36.4 Å². The Labute approximate surface area is 259 Å². The van der Waals surface area contributed by atoms with Crippen LogP contribution in [0.25, 0.3) is 0 Å². The van der Waals surface area contributed by atoms with Crippen molar-refractivity contribution in [1.82, 2.24) is 4.90 Å². The molecule has 1 amide bonds. The van der Waals surface area contributed by atoms with Crippen LogP contribution < -0.4 is 0 Å². The van der Waals surface area contributed by atoms with E-state index in [4.69, 9.17) is 0 Å². The van der Waals surface area contributed by atoms with Crippen molar-refractivity contribution in [3.05, 3.63) is 93.6 Å². The molecule has 5 aliphatic rings. The molecule has 4 aliphatic carbocycles. The molecule has 1 aliphatic heterocycles. The van der Waals surface area contributed by atoms with Gasteiger partial charge >= 0.3 is 12.1 Å². The molecule has 45 heavy (non-hydrogen) atoms. The van der Waals surface area contributed by atoms with Gasteiger partial charge in [-0.3, -0.25) is 9.59 Å². The van der Waals surface area contributed by atoms with E-state index in [2.05, 4.69) is 6.07 Å². The molecule has 2 saturated carbocycles. The molecule has 0 unspecified atom stereocenters. The van der Waals surface area contributed by atoms with Gasteiger partial charge in [0.1, 0.15) is 5.60 Å².